The van der Waals surface area contributed by atoms with E-state index in [0.29, 0.717) is 6.04 Å². The van der Waals surface area contributed by atoms with Gasteiger partial charge in [-0.15, -0.1) is 0 Å². The molecule has 0 saturated heterocycles. The molecule has 0 spiro atoms. The second-order valence-corrected chi connectivity index (χ2v) is 6.19. The molecule has 0 radical (unpaired) electrons. The zero-order valence-electron chi connectivity index (χ0n) is 10.9. The third kappa shape index (κ3) is 2.41. The molecule has 0 aliphatic heterocycles. The Morgan fingerprint density at radius 1 is 1.37 bits per heavy atom. The molecule has 19 heavy (non-hydrogen) atoms. The molecule has 1 saturated carbocycles. The molecule has 4 heteroatoms. The molecule has 1 aromatic heterocycles. The van der Waals surface area contributed by atoms with Crippen LogP contribution in [0, 0.1) is 0 Å². The molecular formula is C15H17BrN2O. The van der Waals surface area contributed by atoms with Crippen molar-refractivity contribution in [2.75, 3.05) is 0 Å². The average molecular weight is 321 g/mol. The highest BCUT2D eigenvalue weighted by Gasteiger charge is 2.20. The minimum Gasteiger partial charge on any atom is -0.350 e. The van der Waals surface area contributed by atoms with Gasteiger partial charge in [0.15, 0.2) is 0 Å². The van der Waals surface area contributed by atoms with Gasteiger partial charge in [0.1, 0.15) is 0 Å². The Hall–Kier alpha value is -1.29. The molecule has 0 unspecified atom stereocenters. The van der Waals surface area contributed by atoms with Crippen molar-refractivity contribution in [3.05, 3.63) is 34.4 Å². The van der Waals surface area contributed by atoms with Gasteiger partial charge in [0.05, 0.1) is 5.56 Å². The predicted octanol–water partition coefficient (Wildman–Crippen LogP) is 3.61. The standard InChI is InChI=1S/C15H17BrN2O/c1-18-9-13(12-8-10(16)6-7-14(12)18)15(19)17-11-4-2-3-5-11/h6-9,11H,2-5H2,1H3,(H,17,19). The largest absolute Gasteiger partial charge is 0.350 e. The first kappa shape index (κ1) is 12.7. The number of hydrogen-bond donors (Lipinski definition) is 1. The molecule has 0 atom stereocenters. The van der Waals surface area contributed by atoms with Gasteiger partial charge in [-0.2, -0.15) is 0 Å². The number of fused-ring (bicyclic) bond motifs is 1. The third-order valence-electron chi connectivity index (χ3n) is 3.89. The molecule has 2 aromatic rings. The second kappa shape index (κ2) is 5.00. The third-order valence-corrected chi connectivity index (χ3v) is 4.38. The van der Waals surface area contributed by atoms with E-state index in [9.17, 15) is 4.79 Å². The lowest BCUT2D eigenvalue weighted by Gasteiger charge is -2.11. The number of aromatic nitrogens is 1. The highest BCUT2D eigenvalue weighted by Crippen LogP contribution is 2.25. The molecule has 1 aliphatic rings. The molecule has 100 valence electrons. The summed E-state index contributed by atoms with van der Waals surface area (Å²) in [7, 11) is 1.97. The molecule has 1 amide bonds. The average Bonchev–Trinajstić information content (AvgIpc) is 2.98. The number of nitrogens with zero attached hydrogens (tertiary/aromatic N) is 1. The van der Waals surface area contributed by atoms with Crippen molar-refractivity contribution in [1.82, 2.24) is 9.88 Å². The summed E-state index contributed by atoms with van der Waals surface area (Å²) in [6.07, 6.45) is 6.60. The summed E-state index contributed by atoms with van der Waals surface area (Å²) in [6, 6.07) is 6.40. The Kier molecular flexibility index (Phi) is 3.35. The van der Waals surface area contributed by atoms with Gasteiger partial charge in [-0.1, -0.05) is 28.8 Å². The Morgan fingerprint density at radius 3 is 2.84 bits per heavy atom. The lowest BCUT2D eigenvalue weighted by Crippen LogP contribution is -2.32. The number of aryl methyl sites for hydroxylation is 1. The fourth-order valence-electron chi connectivity index (χ4n) is 2.88. The maximum atomic E-state index is 12.4. The first-order valence-electron chi connectivity index (χ1n) is 6.70. The van der Waals surface area contributed by atoms with Crippen molar-refractivity contribution < 1.29 is 4.79 Å². The number of benzene rings is 1. The van der Waals surface area contributed by atoms with Crippen molar-refractivity contribution in [3.8, 4) is 0 Å². The molecule has 1 N–H and O–H groups in total. The Balaban J connectivity index is 1.95. The Bertz CT molecular complexity index is 626. The number of hydrogen-bond acceptors (Lipinski definition) is 1. The van der Waals surface area contributed by atoms with Crippen molar-refractivity contribution in [1.29, 1.82) is 0 Å². The van der Waals surface area contributed by atoms with E-state index in [1.165, 1.54) is 12.8 Å². The molecule has 3 rings (SSSR count). The highest BCUT2D eigenvalue weighted by molar-refractivity contribution is 9.10. The molecule has 1 aliphatic carbocycles. The van der Waals surface area contributed by atoms with Crippen LogP contribution >= 0.6 is 15.9 Å². The monoisotopic (exact) mass is 320 g/mol. The first-order chi connectivity index (χ1) is 9.15. The van der Waals surface area contributed by atoms with Gasteiger partial charge < -0.3 is 9.88 Å². The quantitative estimate of drug-likeness (QED) is 0.901. The Morgan fingerprint density at radius 2 is 2.11 bits per heavy atom. The van der Waals surface area contributed by atoms with Gasteiger partial charge >= 0.3 is 0 Å². The van der Waals surface area contributed by atoms with E-state index < -0.39 is 0 Å². The number of halogens is 1. The molecule has 3 nitrogen and oxygen atoms in total. The van der Waals surface area contributed by atoms with Crippen LogP contribution < -0.4 is 5.32 Å². The second-order valence-electron chi connectivity index (χ2n) is 5.27. The van der Waals surface area contributed by atoms with Gasteiger partial charge in [0.2, 0.25) is 0 Å². The van der Waals surface area contributed by atoms with Gasteiger partial charge in [-0.05, 0) is 31.0 Å². The summed E-state index contributed by atoms with van der Waals surface area (Å²) < 4.78 is 3.01. The van der Waals surface area contributed by atoms with Crippen LogP contribution in [-0.4, -0.2) is 16.5 Å². The summed E-state index contributed by atoms with van der Waals surface area (Å²) in [6.45, 7) is 0. The van der Waals surface area contributed by atoms with Gasteiger partial charge in [0, 0.05) is 34.7 Å². The molecule has 0 bridgehead atoms. The lowest BCUT2D eigenvalue weighted by molar-refractivity contribution is 0.0939. The van der Waals surface area contributed by atoms with E-state index in [1.54, 1.807) is 0 Å². The van der Waals surface area contributed by atoms with E-state index in [1.807, 2.05) is 36.0 Å². The smallest absolute Gasteiger partial charge is 0.253 e. The zero-order valence-corrected chi connectivity index (χ0v) is 12.5. The normalized spacial score (nSPS) is 16.1. The van der Waals surface area contributed by atoms with Gasteiger partial charge in [-0.25, -0.2) is 0 Å². The number of carbonyl (C=O) groups is 1. The van der Waals surface area contributed by atoms with Gasteiger partial charge in [0.25, 0.3) is 5.91 Å². The molecular weight excluding hydrogens is 304 g/mol. The SMILES string of the molecule is Cn1cc(C(=O)NC2CCCC2)c2cc(Br)ccc21. The van der Waals surface area contributed by atoms with Crippen LogP contribution in [0.5, 0.6) is 0 Å². The van der Waals surface area contributed by atoms with Crippen molar-refractivity contribution in [2.24, 2.45) is 7.05 Å². The Labute approximate surface area is 121 Å². The van der Waals surface area contributed by atoms with Crippen LogP contribution in [0.4, 0.5) is 0 Å². The van der Waals surface area contributed by atoms with E-state index >= 15 is 0 Å². The summed E-state index contributed by atoms with van der Waals surface area (Å²) in [5, 5.41) is 4.16. The van der Waals surface area contributed by atoms with Crippen LogP contribution in [0.25, 0.3) is 10.9 Å². The number of amides is 1. The van der Waals surface area contributed by atoms with Crippen LogP contribution in [-0.2, 0) is 7.05 Å². The minimum absolute atomic E-state index is 0.0515. The summed E-state index contributed by atoms with van der Waals surface area (Å²) in [4.78, 5) is 12.4. The minimum atomic E-state index is 0.0515. The highest BCUT2D eigenvalue weighted by atomic mass is 79.9. The fourth-order valence-corrected chi connectivity index (χ4v) is 3.24. The predicted molar refractivity (Wildman–Crippen MR) is 80.3 cm³/mol. The topological polar surface area (TPSA) is 34.0 Å². The van der Waals surface area contributed by atoms with Gasteiger partial charge in [-0.3, -0.25) is 4.79 Å². The van der Waals surface area contributed by atoms with Crippen LogP contribution in [0.3, 0.4) is 0 Å². The zero-order chi connectivity index (χ0) is 13.4. The maximum absolute atomic E-state index is 12.4. The van der Waals surface area contributed by atoms with E-state index in [0.717, 1.165) is 33.8 Å². The van der Waals surface area contributed by atoms with Crippen LogP contribution in [0.2, 0.25) is 0 Å². The molecule has 1 fully saturated rings. The van der Waals surface area contributed by atoms with E-state index in [-0.39, 0.29) is 5.91 Å². The molecule has 1 heterocycles. The van der Waals surface area contributed by atoms with Crippen molar-refractivity contribution in [3.63, 3.8) is 0 Å². The summed E-state index contributed by atoms with van der Waals surface area (Å²) in [5.74, 6) is 0.0515. The number of carbonyl (C=O) groups excluding carboxylic acids is 1. The first-order valence-corrected chi connectivity index (χ1v) is 7.50. The molecule has 1 aromatic carbocycles. The van der Waals surface area contributed by atoms with E-state index in [2.05, 4.69) is 21.2 Å². The maximum Gasteiger partial charge on any atom is 0.253 e. The van der Waals surface area contributed by atoms with Crippen LogP contribution in [0.15, 0.2) is 28.9 Å². The summed E-state index contributed by atoms with van der Waals surface area (Å²) >= 11 is 3.47. The van der Waals surface area contributed by atoms with Crippen LogP contribution in [0.1, 0.15) is 36.0 Å². The van der Waals surface area contributed by atoms with E-state index in [4.69, 9.17) is 0 Å². The van der Waals surface area contributed by atoms with Crippen molar-refractivity contribution >= 4 is 32.7 Å². The lowest BCUT2D eigenvalue weighted by atomic mass is 10.1. The van der Waals surface area contributed by atoms with Crippen molar-refractivity contribution in [2.45, 2.75) is 31.7 Å². The fraction of sp³-hybridized carbons (Fsp3) is 0.400. The number of nitrogens with one attached hydrogen (secondary N) is 1. The number of rotatable bonds is 2. The summed E-state index contributed by atoms with van der Waals surface area (Å²) in [5.41, 5.74) is 1.85.